The smallest absolute Gasteiger partial charge is 0.272 e. The lowest BCUT2D eigenvalue weighted by molar-refractivity contribution is -0.116. The summed E-state index contributed by atoms with van der Waals surface area (Å²) in [5.74, 6) is 0.286. The lowest BCUT2D eigenvalue weighted by Gasteiger charge is -2.13. The maximum Gasteiger partial charge on any atom is 0.272 e. The number of H-pyrrole nitrogens is 1. The molecular formula is C21H24N4O3. The van der Waals surface area contributed by atoms with Gasteiger partial charge in [-0.1, -0.05) is 18.2 Å². The highest BCUT2D eigenvalue weighted by molar-refractivity contribution is 6.04. The van der Waals surface area contributed by atoms with Crippen molar-refractivity contribution in [1.29, 1.82) is 0 Å². The lowest BCUT2D eigenvalue weighted by atomic mass is 10.2. The van der Waals surface area contributed by atoms with Crippen molar-refractivity contribution in [3.8, 4) is 5.75 Å². The third-order valence-electron chi connectivity index (χ3n) is 4.17. The van der Waals surface area contributed by atoms with Gasteiger partial charge in [-0.15, -0.1) is 0 Å². The molecule has 1 heterocycles. The summed E-state index contributed by atoms with van der Waals surface area (Å²) < 4.78 is 5.64. The van der Waals surface area contributed by atoms with Gasteiger partial charge in [0, 0.05) is 24.0 Å². The van der Waals surface area contributed by atoms with Crippen LogP contribution in [-0.4, -0.2) is 34.7 Å². The molecule has 0 unspecified atom stereocenters. The minimum absolute atomic E-state index is 0.0927. The van der Waals surface area contributed by atoms with E-state index in [1.165, 1.54) is 0 Å². The van der Waals surface area contributed by atoms with Gasteiger partial charge in [0.25, 0.3) is 5.91 Å². The van der Waals surface area contributed by atoms with Crippen LogP contribution in [0.25, 0.3) is 10.9 Å². The minimum Gasteiger partial charge on any atom is -0.491 e. The highest BCUT2D eigenvalue weighted by Crippen LogP contribution is 2.22. The van der Waals surface area contributed by atoms with Crippen molar-refractivity contribution in [2.45, 2.75) is 33.3 Å². The van der Waals surface area contributed by atoms with E-state index in [0.717, 1.165) is 27.9 Å². The van der Waals surface area contributed by atoms with Crippen LogP contribution in [0.4, 0.5) is 5.69 Å². The summed E-state index contributed by atoms with van der Waals surface area (Å²) >= 11 is 0. The average molecular weight is 380 g/mol. The third kappa shape index (κ3) is 4.68. The van der Waals surface area contributed by atoms with Crippen LogP contribution >= 0.6 is 0 Å². The topological polar surface area (TPSA) is 96.1 Å². The maximum atomic E-state index is 12.3. The van der Waals surface area contributed by atoms with Gasteiger partial charge in [-0.2, -0.15) is 5.10 Å². The standard InChI is InChI=1S/C21H24N4O3/c1-13(2)28-15-8-9-17(14(3)12-15)23-19(26)10-11-22-21(27)20-16-6-4-5-7-18(16)24-25-20/h4-9,12-13H,10-11H2,1-3H3,(H,22,27)(H,23,26)(H,24,25). The van der Waals surface area contributed by atoms with Gasteiger partial charge in [0.05, 0.1) is 11.6 Å². The molecule has 3 N–H and O–H groups in total. The summed E-state index contributed by atoms with van der Waals surface area (Å²) in [6, 6.07) is 12.9. The van der Waals surface area contributed by atoms with E-state index in [1.54, 1.807) is 0 Å². The Morgan fingerprint density at radius 1 is 1.18 bits per heavy atom. The quantitative estimate of drug-likeness (QED) is 0.585. The van der Waals surface area contributed by atoms with E-state index < -0.39 is 0 Å². The molecule has 3 aromatic rings. The Balaban J connectivity index is 1.51. The number of para-hydroxylation sites is 1. The zero-order valence-corrected chi connectivity index (χ0v) is 16.2. The van der Waals surface area contributed by atoms with Crippen molar-refractivity contribution in [3.05, 3.63) is 53.7 Å². The number of carbonyl (C=O) groups excluding carboxylic acids is 2. The fourth-order valence-electron chi connectivity index (χ4n) is 2.84. The zero-order chi connectivity index (χ0) is 20.1. The summed E-state index contributed by atoms with van der Waals surface area (Å²) in [6.45, 7) is 6.06. The molecule has 0 fully saturated rings. The summed E-state index contributed by atoms with van der Waals surface area (Å²) in [4.78, 5) is 24.5. The lowest BCUT2D eigenvalue weighted by Crippen LogP contribution is -2.28. The molecule has 0 aliphatic carbocycles. The average Bonchev–Trinajstić information content (AvgIpc) is 3.07. The van der Waals surface area contributed by atoms with Gasteiger partial charge in [-0.25, -0.2) is 0 Å². The molecule has 0 aliphatic rings. The number of hydrogen-bond acceptors (Lipinski definition) is 4. The first kappa shape index (κ1) is 19.4. The molecule has 0 aliphatic heterocycles. The second kappa shape index (κ2) is 8.56. The van der Waals surface area contributed by atoms with Gasteiger partial charge in [0.15, 0.2) is 5.69 Å². The molecule has 0 radical (unpaired) electrons. The molecule has 0 saturated heterocycles. The van der Waals surface area contributed by atoms with Gasteiger partial charge < -0.3 is 15.4 Å². The maximum absolute atomic E-state index is 12.3. The van der Waals surface area contributed by atoms with Crippen molar-refractivity contribution < 1.29 is 14.3 Å². The van der Waals surface area contributed by atoms with Crippen LogP contribution < -0.4 is 15.4 Å². The van der Waals surface area contributed by atoms with E-state index in [9.17, 15) is 9.59 Å². The van der Waals surface area contributed by atoms with E-state index in [4.69, 9.17) is 4.74 Å². The molecule has 7 nitrogen and oxygen atoms in total. The molecule has 0 atom stereocenters. The molecule has 7 heteroatoms. The molecule has 3 rings (SSSR count). The fourth-order valence-corrected chi connectivity index (χ4v) is 2.84. The number of carbonyl (C=O) groups is 2. The largest absolute Gasteiger partial charge is 0.491 e. The summed E-state index contributed by atoms with van der Waals surface area (Å²) in [5.41, 5.74) is 2.77. The summed E-state index contributed by atoms with van der Waals surface area (Å²) in [7, 11) is 0. The molecule has 2 aromatic carbocycles. The van der Waals surface area contributed by atoms with Crippen molar-refractivity contribution in [3.63, 3.8) is 0 Å². The highest BCUT2D eigenvalue weighted by Gasteiger charge is 2.14. The Morgan fingerprint density at radius 2 is 1.96 bits per heavy atom. The normalized spacial score (nSPS) is 10.9. The third-order valence-corrected chi connectivity index (χ3v) is 4.17. The number of aromatic nitrogens is 2. The van der Waals surface area contributed by atoms with Crippen LogP contribution in [-0.2, 0) is 4.79 Å². The van der Waals surface area contributed by atoms with Crippen LogP contribution in [0, 0.1) is 6.92 Å². The second-order valence-corrected chi connectivity index (χ2v) is 6.82. The first-order valence-electron chi connectivity index (χ1n) is 9.22. The Morgan fingerprint density at radius 3 is 2.71 bits per heavy atom. The number of aromatic amines is 1. The van der Waals surface area contributed by atoms with Gasteiger partial charge in [-0.05, 0) is 50.6 Å². The van der Waals surface area contributed by atoms with E-state index in [0.29, 0.717) is 5.69 Å². The van der Waals surface area contributed by atoms with E-state index >= 15 is 0 Å². The van der Waals surface area contributed by atoms with Gasteiger partial charge in [-0.3, -0.25) is 14.7 Å². The van der Waals surface area contributed by atoms with Crippen molar-refractivity contribution in [1.82, 2.24) is 15.5 Å². The van der Waals surface area contributed by atoms with Crippen molar-refractivity contribution >= 4 is 28.4 Å². The zero-order valence-electron chi connectivity index (χ0n) is 16.2. The number of nitrogens with zero attached hydrogens (tertiary/aromatic N) is 1. The molecule has 0 saturated carbocycles. The number of ether oxygens (including phenoxy) is 1. The van der Waals surface area contributed by atoms with Crippen molar-refractivity contribution in [2.24, 2.45) is 0 Å². The summed E-state index contributed by atoms with van der Waals surface area (Å²) in [5, 5.41) is 13.2. The highest BCUT2D eigenvalue weighted by atomic mass is 16.5. The number of rotatable bonds is 7. The van der Waals surface area contributed by atoms with Crippen molar-refractivity contribution in [2.75, 3.05) is 11.9 Å². The number of benzene rings is 2. The van der Waals surface area contributed by atoms with E-state index in [-0.39, 0.29) is 30.9 Å². The van der Waals surface area contributed by atoms with E-state index in [2.05, 4.69) is 20.8 Å². The Labute approximate surface area is 163 Å². The van der Waals surface area contributed by atoms with Gasteiger partial charge in [0.1, 0.15) is 5.75 Å². The number of hydrogen-bond donors (Lipinski definition) is 3. The van der Waals surface area contributed by atoms with Gasteiger partial charge >= 0.3 is 0 Å². The Hall–Kier alpha value is -3.35. The molecule has 2 amide bonds. The van der Waals surface area contributed by atoms with E-state index in [1.807, 2.05) is 63.2 Å². The monoisotopic (exact) mass is 380 g/mol. The predicted molar refractivity (Wildman–Crippen MR) is 109 cm³/mol. The number of amides is 2. The number of aryl methyl sites for hydroxylation is 1. The molecule has 0 bridgehead atoms. The Bertz CT molecular complexity index is 994. The number of anilines is 1. The Kier molecular flexibility index (Phi) is 5.93. The minimum atomic E-state index is -0.309. The molecule has 146 valence electrons. The molecular weight excluding hydrogens is 356 g/mol. The fraction of sp³-hybridized carbons (Fsp3) is 0.286. The van der Waals surface area contributed by atoms with Crippen LogP contribution in [0.5, 0.6) is 5.75 Å². The first-order chi connectivity index (χ1) is 13.4. The molecule has 1 aromatic heterocycles. The van der Waals surface area contributed by atoms with Crippen LogP contribution in [0.15, 0.2) is 42.5 Å². The van der Waals surface area contributed by atoms with Crippen LogP contribution in [0.3, 0.4) is 0 Å². The molecule has 0 spiro atoms. The molecule has 28 heavy (non-hydrogen) atoms. The van der Waals surface area contributed by atoms with Crippen LogP contribution in [0.2, 0.25) is 0 Å². The van der Waals surface area contributed by atoms with Crippen LogP contribution in [0.1, 0.15) is 36.3 Å². The summed E-state index contributed by atoms with van der Waals surface area (Å²) in [6.07, 6.45) is 0.257. The SMILES string of the molecule is Cc1cc(OC(C)C)ccc1NC(=O)CCNC(=O)c1n[nH]c2ccccc12. The second-order valence-electron chi connectivity index (χ2n) is 6.82. The number of fused-ring (bicyclic) bond motifs is 1. The first-order valence-corrected chi connectivity index (χ1v) is 9.22. The predicted octanol–water partition coefficient (Wildman–Crippen LogP) is 3.42. The van der Waals surface area contributed by atoms with Gasteiger partial charge in [0.2, 0.25) is 5.91 Å². The number of nitrogens with one attached hydrogen (secondary N) is 3.